The number of ether oxygens (including phenoxy) is 2. The third-order valence-electron chi connectivity index (χ3n) is 4.08. The summed E-state index contributed by atoms with van der Waals surface area (Å²) in [6.07, 6.45) is 0.866. The van der Waals surface area contributed by atoms with E-state index < -0.39 is 0 Å². The van der Waals surface area contributed by atoms with Crippen LogP contribution in [-0.4, -0.2) is 46.9 Å². The number of methoxy groups -OCH3 is 1. The van der Waals surface area contributed by atoms with E-state index in [4.69, 9.17) is 14.5 Å². The third kappa shape index (κ3) is 9.36. The number of benzene rings is 2. The van der Waals surface area contributed by atoms with E-state index in [2.05, 4.69) is 46.7 Å². The fraction of sp³-hybridized carbons (Fsp3) is 0.409. The molecule has 0 heterocycles. The number of nitrogens with one attached hydrogen (secondary N) is 2. The van der Waals surface area contributed by atoms with Gasteiger partial charge in [0.1, 0.15) is 5.75 Å². The zero-order chi connectivity index (χ0) is 20.2. The number of guanidine groups is 1. The highest BCUT2D eigenvalue weighted by Crippen LogP contribution is 2.18. The minimum absolute atomic E-state index is 0. The Morgan fingerprint density at radius 3 is 2.48 bits per heavy atom. The number of anilines is 2. The molecule has 0 aliphatic carbocycles. The van der Waals surface area contributed by atoms with Gasteiger partial charge in [0, 0.05) is 58.2 Å². The highest BCUT2D eigenvalue weighted by Gasteiger charge is 2.02. The molecule has 0 saturated heterocycles. The van der Waals surface area contributed by atoms with Crippen molar-refractivity contribution in [2.24, 2.45) is 4.99 Å². The summed E-state index contributed by atoms with van der Waals surface area (Å²) in [5.74, 6) is 1.58. The number of rotatable bonds is 10. The van der Waals surface area contributed by atoms with Crippen molar-refractivity contribution in [3.8, 4) is 5.75 Å². The van der Waals surface area contributed by atoms with Crippen LogP contribution >= 0.6 is 24.0 Å². The fourth-order valence-corrected chi connectivity index (χ4v) is 2.57. The maximum atomic E-state index is 5.77. The molecule has 0 radical (unpaired) electrons. The molecule has 2 N–H and O–H groups in total. The van der Waals surface area contributed by atoms with Crippen LogP contribution in [0.4, 0.5) is 11.4 Å². The molecular formula is C22H33IN4O2. The van der Waals surface area contributed by atoms with Crippen molar-refractivity contribution in [1.29, 1.82) is 0 Å². The quantitative estimate of drug-likeness (QED) is 0.215. The molecule has 0 atom stereocenters. The predicted molar refractivity (Wildman–Crippen MR) is 133 cm³/mol. The second kappa shape index (κ2) is 14.1. The summed E-state index contributed by atoms with van der Waals surface area (Å²) >= 11 is 0. The van der Waals surface area contributed by atoms with Gasteiger partial charge in [-0.05, 0) is 36.8 Å². The lowest BCUT2D eigenvalue weighted by Crippen LogP contribution is -2.30. The minimum atomic E-state index is 0. The molecule has 0 aromatic heterocycles. The van der Waals surface area contributed by atoms with Crippen LogP contribution in [0.1, 0.15) is 18.9 Å². The normalized spacial score (nSPS) is 10.8. The summed E-state index contributed by atoms with van der Waals surface area (Å²) in [6, 6.07) is 16.3. The van der Waals surface area contributed by atoms with Crippen molar-refractivity contribution in [3.05, 3.63) is 54.1 Å². The molecule has 0 bridgehead atoms. The lowest BCUT2D eigenvalue weighted by molar-refractivity contribution is 0.172. The molecular weight excluding hydrogens is 479 g/mol. The average Bonchev–Trinajstić information content (AvgIpc) is 2.70. The Morgan fingerprint density at radius 1 is 1.07 bits per heavy atom. The molecule has 0 aliphatic heterocycles. The van der Waals surface area contributed by atoms with Gasteiger partial charge in [-0.2, -0.15) is 0 Å². The Hall–Kier alpha value is -2.00. The summed E-state index contributed by atoms with van der Waals surface area (Å²) in [4.78, 5) is 6.78. The molecule has 0 aliphatic rings. The molecule has 0 amide bonds. The highest BCUT2D eigenvalue weighted by atomic mass is 127. The zero-order valence-electron chi connectivity index (χ0n) is 17.8. The number of nitrogens with zero attached hydrogens (tertiary/aromatic N) is 2. The molecule has 6 nitrogen and oxygen atoms in total. The topological polar surface area (TPSA) is 58.1 Å². The average molecular weight is 512 g/mol. The smallest absolute Gasteiger partial charge is 0.196 e. The lowest BCUT2D eigenvalue weighted by atomic mass is 10.2. The molecule has 2 aromatic rings. The largest absolute Gasteiger partial charge is 0.493 e. The van der Waals surface area contributed by atoms with E-state index in [9.17, 15) is 0 Å². The van der Waals surface area contributed by atoms with Crippen LogP contribution in [0.15, 0.2) is 53.5 Å². The van der Waals surface area contributed by atoms with E-state index in [0.29, 0.717) is 19.8 Å². The summed E-state index contributed by atoms with van der Waals surface area (Å²) in [6.45, 7) is 4.78. The maximum Gasteiger partial charge on any atom is 0.196 e. The SMILES string of the molecule is CCNC(=NCc1ccc(N(C)C)cc1)Nc1cccc(OCCCOC)c1.I. The van der Waals surface area contributed by atoms with Crippen LogP contribution in [0, 0.1) is 0 Å². The van der Waals surface area contributed by atoms with Gasteiger partial charge in [0.25, 0.3) is 0 Å². The summed E-state index contributed by atoms with van der Waals surface area (Å²) in [5, 5.41) is 6.63. The van der Waals surface area contributed by atoms with Gasteiger partial charge < -0.3 is 25.0 Å². The summed E-state index contributed by atoms with van der Waals surface area (Å²) in [7, 11) is 5.77. The van der Waals surface area contributed by atoms with Crippen LogP contribution in [-0.2, 0) is 11.3 Å². The number of aliphatic imine (C=N–C) groups is 1. The Morgan fingerprint density at radius 2 is 1.83 bits per heavy atom. The Labute approximate surface area is 191 Å². The van der Waals surface area contributed by atoms with E-state index in [-0.39, 0.29) is 24.0 Å². The Kier molecular flexibility index (Phi) is 12.1. The first-order valence-corrected chi connectivity index (χ1v) is 9.65. The maximum absolute atomic E-state index is 5.77. The third-order valence-corrected chi connectivity index (χ3v) is 4.08. The predicted octanol–water partition coefficient (Wildman–Crippen LogP) is 4.36. The molecule has 2 rings (SSSR count). The van der Waals surface area contributed by atoms with Crippen molar-refractivity contribution in [3.63, 3.8) is 0 Å². The summed E-state index contributed by atoms with van der Waals surface area (Å²) in [5.41, 5.74) is 3.28. The number of halogens is 1. The summed E-state index contributed by atoms with van der Waals surface area (Å²) < 4.78 is 10.8. The van der Waals surface area contributed by atoms with E-state index in [1.165, 1.54) is 5.69 Å². The van der Waals surface area contributed by atoms with Crippen molar-refractivity contribution in [2.75, 3.05) is 51.2 Å². The van der Waals surface area contributed by atoms with E-state index in [1.807, 2.05) is 38.4 Å². The van der Waals surface area contributed by atoms with Crippen molar-refractivity contribution >= 4 is 41.3 Å². The first-order chi connectivity index (χ1) is 13.6. The second-order valence-electron chi connectivity index (χ2n) is 6.60. The van der Waals surface area contributed by atoms with Gasteiger partial charge in [-0.1, -0.05) is 18.2 Å². The van der Waals surface area contributed by atoms with Crippen molar-refractivity contribution in [1.82, 2.24) is 5.32 Å². The van der Waals surface area contributed by atoms with Gasteiger partial charge in [-0.15, -0.1) is 24.0 Å². The van der Waals surface area contributed by atoms with Gasteiger partial charge in [0.15, 0.2) is 5.96 Å². The molecule has 7 heteroatoms. The lowest BCUT2D eigenvalue weighted by Gasteiger charge is -2.14. The fourth-order valence-electron chi connectivity index (χ4n) is 2.57. The molecule has 0 spiro atoms. The monoisotopic (exact) mass is 512 g/mol. The van der Waals surface area contributed by atoms with Crippen molar-refractivity contribution < 1.29 is 9.47 Å². The first-order valence-electron chi connectivity index (χ1n) is 9.65. The molecule has 29 heavy (non-hydrogen) atoms. The standard InChI is InChI=1S/C22H32N4O2.HI/c1-5-23-22(24-17-18-10-12-20(13-11-18)26(2)3)25-19-8-6-9-21(16-19)28-15-7-14-27-4;/h6,8-13,16H,5,7,14-15,17H2,1-4H3,(H2,23,24,25);1H. The molecule has 0 fully saturated rings. The Bertz CT molecular complexity index is 736. The van der Waals surface area contributed by atoms with E-state index in [0.717, 1.165) is 35.9 Å². The van der Waals surface area contributed by atoms with Gasteiger partial charge in [-0.25, -0.2) is 4.99 Å². The van der Waals surface area contributed by atoms with Crippen LogP contribution in [0.2, 0.25) is 0 Å². The Balaban J connectivity index is 0.00000420. The van der Waals surface area contributed by atoms with E-state index in [1.54, 1.807) is 7.11 Å². The van der Waals surface area contributed by atoms with Crippen LogP contribution in [0.3, 0.4) is 0 Å². The highest BCUT2D eigenvalue weighted by molar-refractivity contribution is 14.0. The van der Waals surface area contributed by atoms with Gasteiger partial charge in [0.2, 0.25) is 0 Å². The minimum Gasteiger partial charge on any atom is -0.493 e. The number of hydrogen-bond donors (Lipinski definition) is 2. The van der Waals surface area contributed by atoms with Crippen LogP contribution in [0.25, 0.3) is 0 Å². The second-order valence-corrected chi connectivity index (χ2v) is 6.60. The zero-order valence-corrected chi connectivity index (χ0v) is 20.1. The molecule has 0 unspecified atom stereocenters. The van der Waals surface area contributed by atoms with Gasteiger partial charge in [-0.3, -0.25) is 0 Å². The van der Waals surface area contributed by atoms with E-state index >= 15 is 0 Å². The van der Waals surface area contributed by atoms with Gasteiger partial charge in [0.05, 0.1) is 13.2 Å². The van der Waals surface area contributed by atoms with Gasteiger partial charge >= 0.3 is 0 Å². The van der Waals surface area contributed by atoms with Crippen molar-refractivity contribution in [2.45, 2.75) is 19.9 Å². The number of hydrogen-bond acceptors (Lipinski definition) is 4. The molecule has 0 saturated carbocycles. The first kappa shape index (κ1) is 25.0. The van der Waals surface area contributed by atoms with Crippen LogP contribution in [0.5, 0.6) is 5.75 Å². The molecule has 2 aromatic carbocycles. The van der Waals surface area contributed by atoms with Crippen LogP contribution < -0.4 is 20.3 Å². The molecule has 160 valence electrons.